The molecular formula is C13H17BrN2O3. The van der Waals surface area contributed by atoms with E-state index in [9.17, 15) is 9.59 Å². The second kappa shape index (κ2) is 4.90. The molecule has 1 saturated carbocycles. The monoisotopic (exact) mass is 328 g/mol. The van der Waals surface area contributed by atoms with E-state index in [1.165, 1.54) is 17.4 Å². The van der Waals surface area contributed by atoms with Crippen LogP contribution >= 0.6 is 15.9 Å². The molecule has 2 fully saturated rings. The van der Waals surface area contributed by atoms with E-state index in [-0.39, 0.29) is 23.0 Å². The Morgan fingerprint density at radius 2 is 2.11 bits per heavy atom. The first-order valence-corrected chi connectivity index (χ1v) is 7.54. The van der Waals surface area contributed by atoms with Crippen LogP contribution < -0.4 is 11.2 Å². The van der Waals surface area contributed by atoms with Gasteiger partial charge in [-0.25, -0.2) is 4.79 Å². The minimum atomic E-state index is -0.388. The zero-order valence-electron chi connectivity index (χ0n) is 10.7. The molecule has 104 valence electrons. The van der Waals surface area contributed by atoms with E-state index < -0.39 is 0 Å². The van der Waals surface area contributed by atoms with Gasteiger partial charge in [-0.15, -0.1) is 0 Å². The molecular weight excluding hydrogens is 312 g/mol. The van der Waals surface area contributed by atoms with E-state index in [0.29, 0.717) is 11.0 Å². The second-order valence-electron chi connectivity index (χ2n) is 5.56. The Morgan fingerprint density at radius 3 is 2.84 bits per heavy atom. The van der Waals surface area contributed by atoms with Crippen LogP contribution in [-0.4, -0.2) is 21.3 Å². The predicted molar refractivity (Wildman–Crippen MR) is 74.3 cm³/mol. The Kier molecular flexibility index (Phi) is 3.39. The molecule has 1 aliphatic carbocycles. The van der Waals surface area contributed by atoms with Gasteiger partial charge in [-0.1, -0.05) is 12.8 Å². The topological polar surface area (TPSA) is 64.1 Å². The molecule has 1 saturated heterocycles. The lowest BCUT2D eigenvalue weighted by atomic mass is 9.98. The minimum Gasteiger partial charge on any atom is -0.370 e. The number of hydrogen-bond acceptors (Lipinski definition) is 3. The van der Waals surface area contributed by atoms with Crippen molar-refractivity contribution in [1.29, 1.82) is 0 Å². The molecule has 3 rings (SSSR count). The molecule has 0 bridgehead atoms. The summed E-state index contributed by atoms with van der Waals surface area (Å²) in [6.45, 7) is 0.510. The van der Waals surface area contributed by atoms with Crippen LogP contribution in [0.3, 0.4) is 0 Å². The molecule has 1 unspecified atom stereocenters. The van der Waals surface area contributed by atoms with Crippen LogP contribution in [0.25, 0.3) is 0 Å². The van der Waals surface area contributed by atoms with E-state index in [2.05, 4.69) is 20.9 Å². The minimum absolute atomic E-state index is 0.0771. The van der Waals surface area contributed by atoms with Gasteiger partial charge in [0, 0.05) is 6.20 Å². The zero-order chi connectivity index (χ0) is 13.5. The summed E-state index contributed by atoms with van der Waals surface area (Å²) in [7, 11) is 0. The van der Waals surface area contributed by atoms with Crippen molar-refractivity contribution in [2.75, 3.05) is 0 Å². The first-order valence-electron chi connectivity index (χ1n) is 6.75. The molecule has 6 heteroatoms. The number of H-pyrrole nitrogens is 1. The third-order valence-electron chi connectivity index (χ3n) is 4.22. The van der Waals surface area contributed by atoms with Crippen LogP contribution in [0, 0.1) is 0 Å². The van der Waals surface area contributed by atoms with Crippen molar-refractivity contribution in [2.24, 2.45) is 0 Å². The molecule has 1 aromatic heterocycles. The Hall–Kier alpha value is -0.880. The van der Waals surface area contributed by atoms with Gasteiger partial charge < -0.3 is 4.74 Å². The van der Waals surface area contributed by atoms with E-state index in [4.69, 9.17) is 4.74 Å². The SMILES string of the molecule is O=c1[nH]c(=O)n(CC2CCC3(CCCC3)O2)cc1Br. The number of hydrogen-bond donors (Lipinski definition) is 1. The van der Waals surface area contributed by atoms with Gasteiger partial charge >= 0.3 is 5.69 Å². The fourth-order valence-corrected chi connectivity index (χ4v) is 3.60. The maximum atomic E-state index is 11.7. The van der Waals surface area contributed by atoms with Crippen molar-refractivity contribution in [1.82, 2.24) is 9.55 Å². The van der Waals surface area contributed by atoms with Crippen LogP contribution in [0.2, 0.25) is 0 Å². The number of nitrogens with zero attached hydrogens (tertiary/aromatic N) is 1. The first kappa shape index (κ1) is 13.1. The van der Waals surface area contributed by atoms with Gasteiger partial charge in [0.2, 0.25) is 0 Å². The van der Waals surface area contributed by atoms with Crippen molar-refractivity contribution < 1.29 is 4.74 Å². The highest BCUT2D eigenvalue weighted by Crippen LogP contribution is 2.43. The highest BCUT2D eigenvalue weighted by molar-refractivity contribution is 9.10. The van der Waals surface area contributed by atoms with Crippen LogP contribution in [-0.2, 0) is 11.3 Å². The Morgan fingerprint density at radius 1 is 1.37 bits per heavy atom. The maximum absolute atomic E-state index is 11.7. The zero-order valence-corrected chi connectivity index (χ0v) is 12.2. The van der Waals surface area contributed by atoms with Crippen LogP contribution in [0.4, 0.5) is 0 Å². The molecule has 5 nitrogen and oxygen atoms in total. The molecule has 1 spiro atoms. The summed E-state index contributed by atoms with van der Waals surface area (Å²) in [6.07, 6.45) is 8.49. The van der Waals surface area contributed by atoms with Crippen molar-refractivity contribution >= 4 is 15.9 Å². The third-order valence-corrected chi connectivity index (χ3v) is 4.79. The molecule has 1 N–H and O–H groups in total. The molecule has 2 heterocycles. The molecule has 2 aliphatic rings. The molecule has 0 amide bonds. The summed E-state index contributed by atoms with van der Waals surface area (Å²) in [5, 5.41) is 0. The van der Waals surface area contributed by atoms with E-state index in [0.717, 1.165) is 25.7 Å². The van der Waals surface area contributed by atoms with Gasteiger partial charge in [0.1, 0.15) is 0 Å². The van der Waals surface area contributed by atoms with Crippen molar-refractivity contribution in [3.63, 3.8) is 0 Å². The predicted octanol–water partition coefficient (Wildman–Crippen LogP) is 1.79. The number of nitrogens with one attached hydrogen (secondary N) is 1. The average Bonchev–Trinajstić information content (AvgIpc) is 2.98. The summed E-state index contributed by atoms with van der Waals surface area (Å²) >= 11 is 3.15. The Balaban J connectivity index is 1.74. The first-order chi connectivity index (χ1) is 9.08. The smallest absolute Gasteiger partial charge is 0.328 e. The van der Waals surface area contributed by atoms with E-state index >= 15 is 0 Å². The molecule has 19 heavy (non-hydrogen) atoms. The number of rotatable bonds is 2. The maximum Gasteiger partial charge on any atom is 0.328 e. The van der Waals surface area contributed by atoms with Crippen molar-refractivity contribution in [3.8, 4) is 0 Å². The van der Waals surface area contributed by atoms with E-state index in [1.54, 1.807) is 6.20 Å². The van der Waals surface area contributed by atoms with Gasteiger partial charge in [-0.3, -0.25) is 14.3 Å². The van der Waals surface area contributed by atoms with Crippen molar-refractivity contribution in [2.45, 2.75) is 56.8 Å². The highest BCUT2D eigenvalue weighted by Gasteiger charge is 2.42. The summed E-state index contributed by atoms with van der Waals surface area (Å²) in [5.74, 6) is 0. The molecule has 0 aromatic carbocycles. The number of aromatic nitrogens is 2. The standard InChI is InChI=1S/C13H17BrN2O3/c14-10-8-16(12(18)15-11(10)17)7-9-3-6-13(19-9)4-1-2-5-13/h8-9H,1-7H2,(H,15,17,18). The van der Waals surface area contributed by atoms with Gasteiger partial charge in [-0.05, 0) is 41.6 Å². The summed E-state index contributed by atoms with van der Waals surface area (Å²) in [5.41, 5.74) is -0.682. The second-order valence-corrected chi connectivity index (χ2v) is 6.41. The molecule has 0 radical (unpaired) electrons. The molecule has 1 aliphatic heterocycles. The molecule has 1 aromatic rings. The van der Waals surface area contributed by atoms with Crippen LogP contribution in [0.5, 0.6) is 0 Å². The normalized spacial score (nSPS) is 25.2. The lowest BCUT2D eigenvalue weighted by Gasteiger charge is -2.24. The fraction of sp³-hybridized carbons (Fsp3) is 0.692. The average molecular weight is 329 g/mol. The molecule has 1 atom stereocenters. The Bertz CT molecular complexity index is 586. The summed E-state index contributed by atoms with van der Waals surface area (Å²) < 4.78 is 8.07. The van der Waals surface area contributed by atoms with Crippen LogP contribution in [0.1, 0.15) is 38.5 Å². The largest absolute Gasteiger partial charge is 0.370 e. The highest BCUT2D eigenvalue weighted by atomic mass is 79.9. The number of ether oxygens (including phenoxy) is 1. The van der Waals surface area contributed by atoms with Crippen molar-refractivity contribution in [3.05, 3.63) is 31.5 Å². The van der Waals surface area contributed by atoms with Gasteiger partial charge in [-0.2, -0.15) is 0 Å². The summed E-state index contributed by atoms with van der Waals surface area (Å²) in [4.78, 5) is 25.3. The van der Waals surface area contributed by atoms with Gasteiger partial charge in [0.05, 0.1) is 22.7 Å². The summed E-state index contributed by atoms with van der Waals surface area (Å²) in [6, 6.07) is 0. The number of aromatic amines is 1. The lowest BCUT2D eigenvalue weighted by molar-refractivity contribution is -0.0422. The lowest BCUT2D eigenvalue weighted by Crippen LogP contribution is -2.34. The third kappa shape index (κ3) is 2.56. The number of halogens is 1. The fourth-order valence-electron chi connectivity index (χ4n) is 3.25. The Labute approximate surface area is 119 Å². The van der Waals surface area contributed by atoms with E-state index in [1.807, 2.05) is 0 Å². The quantitative estimate of drug-likeness (QED) is 0.900. The van der Waals surface area contributed by atoms with Gasteiger partial charge in [0.25, 0.3) is 5.56 Å². The van der Waals surface area contributed by atoms with Gasteiger partial charge in [0.15, 0.2) is 0 Å². The van der Waals surface area contributed by atoms with Crippen LogP contribution in [0.15, 0.2) is 20.3 Å².